The topological polar surface area (TPSA) is 106 Å². The van der Waals surface area contributed by atoms with Gasteiger partial charge in [-0.3, -0.25) is 9.59 Å². The molecule has 9 unspecified atom stereocenters. The average Bonchev–Trinajstić information content (AvgIpc) is 3.92. The number of rotatable bonds is 10. The van der Waals surface area contributed by atoms with E-state index in [1.165, 1.54) is 0 Å². The lowest BCUT2D eigenvalue weighted by Crippen LogP contribution is -2.67. The molecule has 9 heteroatoms. The van der Waals surface area contributed by atoms with Gasteiger partial charge < -0.3 is 29.3 Å². The monoisotopic (exact) mass is 765 g/mol. The number of hydrogen-bond donors (Lipinski definition) is 2. The molecule has 2 aromatic carbocycles. The SMILES string of the molecule is COc1ccc(CC(=O)N(CC2CCCO2)CC2(O)CCC3C45C=CC6(C=C4C(=O)c4cc7ccccc7s4)CC(O)CCC6(C)C5CCC32C)cc1OC. The molecule has 2 spiro atoms. The van der Waals surface area contributed by atoms with Crippen LogP contribution < -0.4 is 9.47 Å². The quantitative estimate of drug-likeness (QED) is 0.160. The number of Topliss-reactive ketones (excluding diaryl/α,β-unsaturated/α-hetero) is 1. The number of aliphatic hydroxyl groups is 2. The van der Waals surface area contributed by atoms with Gasteiger partial charge in [-0.2, -0.15) is 0 Å². The van der Waals surface area contributed by atoms with Crippen molar-refractivity contribution in [3.63, 3.8) is 0 Å². The number of carbonyl (C=O) groups excluding carboxylic acids is 2. The molecule has 1 aliphatic heterocycles. The van der Waals surface area contributed by atoms with Crippen molar-refractivity contribution in [3.05, 3.63) is 82.8 Å². The van der Waals surface area contributed by atoms with Gasteiger partial charge in [-0.1, -0.05) is 56.3 Å². The predicted molar refractivity (Wildman–Crippen MR) is 214 cm³/mol. The van der Waals surface area contributed by atoms with Crippen LogP contribution in [0.15, 0.2) is 72.3 Å². The summed E-state index contributed by atoms with van der Waals surface area (Å²) in [5, 5.41) is 25.4. The molecule has 3 saturated carbocycles. The fourth-order valence-electron chi connectivity index (χ4n) is 12.7. The maximum atomic E-state index is 15.1. The molecular weight excluding hydrogens is 711 g/mol. The van der Waals surface area contributed by atoms with Gasteiger partial charge in [0.25, 0.3) is 0 Å². The van der Waals surface area contributed by atoms with Crippen molar-refractivity contribution in [2.45, 2.75) is 95.9 Å². The van der Waals surface area contributed by atoms with Crippen LogP contribution in [0, 0.1) is 33.5 Å². The molecule has 1 amide bonds. The zero-order valence-corrected chi connectivity index (χ0v) is 33.5. The van der Waals surface area contributed by atoms with Crippen LogP contribution >= 0.6 is 11.3 Å². The van der Waals surface area contributed by atoms with Crippen LogP contribution in [0.1, 0.15) is 86.9 Å². The van der Waals surface area contributed by atoms with Crippen molar-refractivity contribution in [3.8, 4) is 11.5 Å². The second-order valence-electron chi connectivity index (χ2n) is 18.1. The van der Waals surface area contributed by atoms with E-state index in [2.05, 4.69) is 44.2 Å². The summed E-state index contributed by atoms with van der Waals surface area (Å²) in [6.07, 6.45) is 13.8. The molecule has 0 radical (unpaired) electrons. The van der Waals surface area contributed by atoms with Crippen molar-refractivity contribution in [2.75, 3.05) is 33.9 Å². The van der Waals surface area contributed by atoms with Gasteiger partial charge in [0.05, 0.1) is 49.9 Å². The Bertz CT molecular complexity index is 2050. The highest BCUT2D eigenvalue weighted by molar-refractivity contribution is 7.21. The number of aliphatic hydroxyl groups excluding tert-OH is 1. The lowest BCUT2D eigenvalue weighted by molar-refractivity contribution is -0.179. The fourth-order valence-corrected chi connectivity index (χ4v) is 13.7. The van der Waals surface area contributed by atoms with E-state index in [9.17, 15) is 15.0 Å². The van der Waals surface area contributed by atoms with E-state index < -0.39 is 27.9 Å². The first kappa shape index (κ1) is 37.1. The smallest absolute Gasteiger partial charge is 0.227 e. The standard InChI is InChI=1S/C46H55NO7S/c1-42-16-13-31(48)25-44(42)19-20-46(33(26-44)41(50)37-24-30-8-5-6-10-36(30)55-37)38(42)14-17-43(2)39(46)15-18-45(43,51)28-47(27-32-9-7-21-54-32)40(49)23-29-11-12-34(52-3)35(22-29)53-4/h5-6,8,10-12,19-20,22,24,26,31-32,38-39,48,51H,7,9,13-18,21,23,25,27-28H2,1-4H3. The number of ketones is 1. The summed E-state index contributed by atoms with van der Waals surface area (Å²) in [4.78, 5) is 32.2. The number of hydrogen-bond acceptors (Lipinski definition) is 8. The summed E-state index contributed by atoms with van der Waals surface area (Å²) >= 11 is 1.56. The molecule has 3 aromatic rings. The summed E-state index contributed by atoms with van der Waals surface area (Å²) in [5.41, 5.74) is -1.12. The Morgan fingerprint density at radius 3 is 2.45 bits per heavy atom. The molecule has 2 heterocycles. The van der Waals surface area contributed by atoms with Crippen LogP contribution in [0.25, 0.3) is 10.1 Å². The minimum atomic E-state index is -1.17. The van der Waals surface area contributed by atoms with E-state index in [4.69, 9.17) is 14.2 Å². The first-order valence-corrected chi connectivity index (χ1v) is 21.2. The normalized spacial score (nSPS) is 37.2. The van der Waals surface area contributed by atoms with Gasteiger partial charge in [-0.25, -0.2) is 0 Å². The highest BCUT2D eigenvalue weighted by atomic mass is 32.1. The second-order valence-corrected chi connectivity index (χ2v) is 19.1. The van der Waals surface area contributed by atoms with Crippen molar-refractivity contribution in [2.24, 2.45) is 33.5 Å². The third-order valence-electron chi connectivity index (χ3n) is 15.7. The fraction of sp³-hybridized carbons (Fsp3) is 0.565. The molecule has 8 nitrogen and oxygen atoms in total. The zero-order valence-electron chi connectivity index (χ0n) is 32.6. The van der Waals surface area contributed by atoms with Crippen LogP contribution in [0.5, 0.6) is 11.5 Å². The van der Waals surface area contributed by atoms with Gasteiger partial charge >= 0.3 is 0 Å². The van der Waals surface area contributed by atoms with Crippen LogP contribution in [0.3, 0.4) is 0 Å². The Balaban J connectivity index is 1.09. The highest BCUT2D eigenvalue weighted by Crippen LogP contribution is 2.78. The third-order valence-corrected chi connectivity index (χ3v) is 16.8. The number of nitrogens with zero attached hydrogens (tertiary/aromatic N) is 1. The second kappa shape index (κ2) is 13.3. The molecule has 4 fully saturated rings. The van der Waals surface area contributed by atoms with Gasteiger partial charge in [0.2, 0.25) is 5.91 Å². The van der Waals surface area contributed by atoms with Crippen LogP contribution in [0.4, 0.5) is 0 Å². The van der Waals surface area contributed by atoms with Crippen LogP contribution in [-0.2, 0) is 16.0 Å². The Hall–Kier alpha value is -3.50. The van der Waals surface area contributed by atoms with Crippen molar-refractivity contribution in [1.82, 2.24) is 4.90 Å². The first-order valence-electron chi connectivity index (χ1n) is 20.4. The number of thiophene rings is 1. The maximum Gasteiger partial charge on any atom is 0.227 e. The van der Waals surface area contributed by atoms with E-state index in [1.807, 2.05) is 41.3 Å². The predicted octanol–water partition coefficient (Wildman–Crippen LogP) is 7.94. The molecule has 6 aliphatic carbocycles. The first-order chi connectivity index (χ1) is 26.4. The largest absolute Gasteiger partial charge is 0.493 e. The number of methoxy groups -OCH3 is 2. The Labute approximate surface area is 328 Å². The summed E-state index contributed by atoms with van der Waals surface area (Å²) in [6, 6.07) is 15.8. The number of fused-ring (bicyclic) bond motifs is 2. The molecule has 2 N–H and O–H groups in total. The average molecular weight is 766 g/mol. The van der Waals surface area contributed by atoms with Gasteiger partial charge in [-0.15, -0.1) is 11.3 Å². The Morgan fingerprint density at radius 1 is 0.927 bits per heavy atom. The molecule has 1 saturated heterocycles. The Kier molecular flexibility index (Phi) is 8.96. The molecule has 292 valence electrons. The van der Waals surface area contributed by atoms with Crippen molar-refractivity contribution < 1.29 is 34.0 Å². The molecule has 55 heavy (non-hydrogen) atoms. The van der Waals surface area contributed by atoms with E-state index in [0.29, 0.717) is 37.5 Å². The molecule has 7 aliphatic rings. The highest BCUT2D eigenvalue weighted by Gasteiger charge is 2.74. The lowest BCUT2D eigenvalue weighted by Gasteiger charge is -2.71. The van der Waals surface area contributed by atoms with Crippen molar-refractivity contribution in [1.29, 1.82) is 0 Å². The zero-order chi connectivity index (χ0) is 38.4. The number of ether oxygens (including phenoxy) is 3. The maximum absolute atomic E-state index is 15.1. The van der Waals surface area contributed by atoms with E-state index >= 15 is 4.79 Å². The molecule has 1 aromatic heterocycles. The van der Waals surface area contributed by atoms with Gasteiger partial charge in [0.1, 0.15) is 0 Å². The van der Waals surface area contributed by atoms with Crippen LogP contribution in [-0.4, -0.2) is 78.5 Å². The number of carbonyl (C=O) groups is 2. The molecule has 9 atom stereocenters. The molecule has 10 rings (SSSR count). The molecular formula is C46H55NO7S. The molecule has 2 bridgehead atoms. The van der Waals surface area contributed by atoms with Gasteiger partial charge in [0, 0.05) is 39.7 Å². The van der Waals surface area contributed by atoms with E-state index in [1.54, 1.807) is 25.6 Å². The van der Waals surface area contributed by atoms with Gasteiger partial charge in [0.15, 0.2) is 17.3 Å². The number of allylic oxidation sites excluding steroid dienone is 4. The third kappa shape index (κ3) is 5.46. The summed E-state index contributed by atoms with van der Waals surface area (Å²) in [6.45, 7) is 5.99. The summed E-state index contributed by atoms with van der Waals surface area (Å²) in [7, 11) is 3.19. The van der Waals surface area contributed by atoms with Gasteiger partial charge in [-0.05, 0) is 110 Å². The van der Waals surface area contributed by atoms with E-state index in [0.717, 1.165) is 71.0 Å². The van der Waals surface area contributed by atoms with E-state index in [-0.39, 0.29) is 48.0 Å². The lowest BCUT2D eigenvalue weighted by atomic mass is 9.32. The summed E-state index contributed by atoms with van der Waals surface area (Å²) < 4.78 is 18.2. The number of amides is 1. The minimum Gasteiger partial charge on any atom is -0.493 e. The Morgan fingerprint density at radius 2 is 1.69 bits per heavy atom. The summed E-state index contributed by atoms with van der Waals surface area (Å²) in [5.74, 6) is 1.42. The van der Waals surface area contributed by atoms with Crippen LogP contribution in [0.2, 0.25) is 0 Å². The minimum absolute atomic E-state index is 0.00270. The van der Waals surface area contributed by atoms with Crippen molar-refractivity contribution >= 4 is 33.1 Å². The number of benzene rings is 2.